The van der Waals surface area contributed by atoms with Crippen LogP contribution < -0.4 is 15.4 Å². The number of halogens is 1. The number of amides is 2. The molecule has 1 atom stereocenters. The van der Waals surface area contributed by atoms with Crippen LogP contribution in [0.4, 0.5) is 5.69 Å². The third kappa shape index (κ3) is 5.47. The average Bonchev–Trinajstić information content (AvgIpc) is 2.65. The van der Waals surface area contributed by atoms with Gasteiger partial charge < -0.3 is 20.1 Å². The highest BCUT2D eigenvalue weighted by atomic mass is 35.5. The van der Waals surface area contributed by atoms with Gasteiger partial charge in [0.2, 0.25) is 0 Å². The van der Waals surface area contributed by atoms with Gasteiger partial charge in [-0.3, -0.25) is 9.59 Å². The topological polar surface area (TPSA) is 76.7 Å². The maximum absolute atomic E-state index is 12.0. The van der Waals surface area contributed by atoms with Crippen molar-refractivity contribution in [3.8, 4) is 5.75 Å². The molecule has 0 heterocycles. The number of benzene rings is 2. The van der Waals surface area contributed by atoms with Crippen molar-refractivity contribution in [2.75, 3.05) is 25.6 Å². The summed E-state index contributed by atoms with van der Waals surface area (Å²) in [6.45, 7) is 2.56. The number of hydrogen-bond acceptors (Lipinski definition) is 4. The van der Waals surface area contributed by atoms with E-state index in [2.05, 4.69) is 10.6 Å². The summed E-state index contributed by atoms with van der Waals surface area (Å²) >= 11 is 6.14. The lowest BCUT2D eigenvalue weighted by molar-refractivity contribution is -0.136. The monoisotopic (exact) mass is 376 g/mol. The van der Waals surface area contributed by atoms with Crippen molar-refractivity contribution in [2.24, 2.45) is 0 Å². The van der Waals surface area contributed by atoms with Crippen LogP contribution in [0.15, 0.2) is 48.5 Å². The minimum Gasteiger partial charge on any atom is -0.494 e. The van der Waals surface area contributed by atoms with Crippen molar-refractivity contribution in [1.29, 1.82) is 0 Å². The fourth-order valence-electron chi connectivity index (χ4n) is 2.31. The number of rotatable bonds is 7. The van der Waals surface area contributed by atoms with E-state index in [1.165, 1.54) is 7.11 Å². The number of methoxy groups -OCH3 is 1. The molecule has 0 saturated heterocycles. The van der Waals surface area contributed by atoms with E-state index in [0.717, 1.165) is 5.56 Å². The van der Waals surface area contributed by atoms with Crippen molar-refractivity contribution >= 4 is 29.1 Å². The first-order valence-corrected chi connectivity index (χ1v) is 8.52. The number of ether oxygens (including phenoxy) is 2. The third-order valence-corrected chi connectivity index (χ3v) is 3.96. The Morgan fingerprint density at radius 3 is 2.38 bits per heavy atom. The molecule has 0 aromatic heterocycles. The highest BCUT2D eigenvalue weighted by Crippen LogP contribution is 2.24. The first-order valence-electron chi connectivity index (χ1n) is 8.14. The Morgan fingerprint density at radius 1 is 1.08 bits per heavy atom. The molecule has 2 aromatic rings. The molecular formula is C19H21ClN2O4. The van der Waals surface area contributed by atoms with Gasteiger partial charge in [0, 0.05) is 29.9 Å². The standard InChI is InChI=1S/C19H21ClN2O4/c1-3-26-14-10-8-13(9-11-14)22-19(24)18(23)21-12-17(25-2)15-6-4-5-7-16(15)20/h4-11,17H,3,12H2,1-2H3,(H,21,23)(H,22,24). The van der Waals surface area contributed by atoms with E-state index >= 15 is 0 Å². The summed E-state index contributed by atoms with van der Waals surface area (Å²) in [6, 6.07) is 13.9. The fraction of sp³-hybridized carbons (Fsp3) is 0.263. The molecule has 1 unspecified atom stereocenters. The van der Waals surface area contributed by atoms with E-state index in [0.29, 0.717) is 23.1 Å². The summed E-state index contributed by atoms with van der Waals surface area (Å²) < 4.78 is 10.7. The number of carbonyl (C=O) groups is 2. The summed E-state index contributed by atoms with van der Waals surface area (Å²) in [5, 5.41) is 5.62. The number of carbonyl (C=O) groups excluding carboxylic acids is 2. The van der Waals surface area contributed by atoms with Crippen molar-refractivity contribution in [2.45, 2.75) is 13.0 Å². The maximum atomic E-state index is 12.0. The van der Waals surface area contributed by atoms with Gasteiger partial charge in [-0.1, -0.05) is 29.8 Å². The van der Waals surface area contributed by atoms with Crippen LogP contribution in [0, 0.1) is 0 Å². The quantitative estimate of drug-likeness (QED) is 0.727. The molecule has 0 saturated carbocycles. The second kappa shape index (κ2) is 9.79. The van der Waals surface area contributed by atoms with Crippen LogP contribution in [0.1, 0.15) is 18.6 Å². The molecule has 6 nitrogen and oxygen atoms in total. The molecule has 0 aliphatic heterocycles. The van der Waals surface area contributed by atoms with E-state index < -0.39 is 17.9 Å². The zero-order valence-corrected chi connectivity index (χ0v) is 15.4. The van der Waals surface area contributed by atoms with Crippen molar-refractivity contribution in [3.05, 3.63) is 59.1 Å². The lowest BCUT2D eigenvalue weighted by Gasteiger charge is -2.17. The van der Waals surface area contributed by atoms with Gasteiger partial charge >= 0.3 is 11.8 Å². The van der Waals surface area contributed by atoms with Gasteiger partial charge in [-0.05, 0) is 37.3 Å². The second-order valence-corrected chi connectivity index (χ2v) is 5.77. The average molecular weight is 377 g/mol. The molecule has 2 N–H and O–H groups in total. The molecule has 0 bridgehead atoms. The number of hydrogen-bond donors (Lipinski definition) is 2. The van der Waals surface area contributed by atoms with Gasteiger partial charge in [-0.15, -0.1) is 0 Å². The zero-order chi connectivity index (χ0) is 18.9. The molecule has 0 fully saturated rings. The van der Waals surface area contributed by atoms with Gasteiger partial charge in [0.25, 0.3) is 0 Å². The van der Waals surface area contributed by atoms with Crippen molar-refractivity contribution in [3.63, 3.8) is 0 Å². The molecule has 0 radical (unpaired) electrons. The molecule has 138 valence electrons. The Morgan fingerprint density at radius 2 is 1.77 bits per heavy atom. The van der Waals surface area contributed by atoms with Gasteiger partial charge in [-0.2, -0.15) is 0 Å². The number of anilines is 1. The van der Waals surface area contributed by atoms with E-state index in [-0.39, 0.29) is 6.54 Å². The van der Waals surface area contributed by atoms with Gasteiger partial charge in [0.15, 0.2) is 0 Å². The van der Waals surface area contributed by atoms with E-state index in [4.69, 9.17) is 21.1 Å². The summed E-state index contributed by atoms with van der Waals surface area (Å²) in [4.78, 5) is 24.0. The fourth-order valence-corrected chi connectivity index (χ4v) is 2.57. The largest absolute Gasteiger partial charge is 0.494 e. The molecule has 0 spiro atoms. The Balaban J connectivity index is 1.90. The summed E-state index contributed by atoms with van der Waals surface area (Å²) in [5.74, 6) is -0.825. The van der Waals surface area contributed by atoms with E-state index in [9.17, 15) is 9.59 Å². The third-order valence-electron chi connectivity index (χ3n) is 3.61. The summed E-state index contributed by atoms with van der Waals surface area (Å²) in [7, 11) is 1.51. The minimum absolute atomic E-state index is 0.121. The van der Waals surface area contributed by atoms with E-state index in [1.54, 1.807) is 36.4 Å². The Bertz CT molecular complexity index is 749. The first kappa shape index (κ1) is 19.8. The highest BCUT2D eigenvalue weighted by Gasteiger charge is 2.18. The molecule has 26 heavy (non-hydrogen) atoms. The van der Waals surface area contributed by atoms with Crippen LogP contribution in [0.3, 0.4) is 0 Å². The van der Waals surface area contributed by atoms with Crippen LogP contribution in [0.25, 0.3) is 0 Å². The minimum atomic E-state index is -0.761. The van der Waals surface area contributed by atoms with Crippen LogP contribution >= 0.6 is 11.6 Å². The summed E-state index contributed by atoms with van der Waals surface area (Å²) in [5.41, 5.74) is 1.24. The Hall–Kier alpha value is -2.57. The smallest absolute Gasteiger partial charge is 0.313 e. The lowest BCUT2D eigenvalue weighted by atomic mass is 10.1. The van der Waals surface area contributed by atoms with Gasteiger partial charge in [-0.25, -0.2) is 0 Å². The first-order chi connectivity index (χ1) is 12.5. The van der Waals surface area contributed by atoms with Crippen LogP contribution in [0.5, 0.6) is 5.75 Å². The van der Waals surface area contributed by atoms with Gasteiger partial charge in [0.05, 0.1) is 6.61 Å². The number of nitrogens with one attached hydrogen (secondary N) is 2. The molecule has 0 aliphatic rings. The predicted molar refractivity (Wildman–Crippen MR) is 100 cm³/mol. The normalized spacial score (nSPS) is 11.5. The van der Waals surface area contributed by atoms with Crippen LogP contribution in [0.2, 0.25) is 5.02 Å². The lowest BCUT2D eigenvalue weighted by Crippen LogP contribution is -2.38. The highest BCUT2D eigenvalue weighted by molar-refractivity contribution is 6.39. The Kier molecular flexibility index (Phi) is 7.44. The zero-order valence-electron chi connectivity index (χ0n) is 14.6. The molecule has 2 amide bonds. The SMILES string of the molecule is CCOc1ccc(NC(=O)C(=O)NCC(OC)c2ccccc2Cl)cc1. The van der Waals surface area contributed by atoms with Crippen molar-refractivity contribution < 1.29 is 19.1 Å². The molecule has 0 aliphatic carbocycles. The second-order valence-electron chi connectivity index (χ2n) is 5.37. The van der Waals surface area contributed by atoms with Gasteiger partial charge in [0.1, 0.15) is 11.9 Å². The summed E-state index contributed by atoms with van der Waals surface area (Å²) in [6.07, 6.45) is -0.453. The van der Waals surface area contributed by atoms with Crippen LogP contribution in [-0.2, 0) is 14.3 Å². The molecule has 2 rings (SSSR count). The maximum Gasteiger partial charge on any atom is 0.313 e. The molecule has 7 heteroatoms. The molecule has 2 aromatic carbocycles. The Labute approximate surface area is 157 Å². The van der Waals surface area contributed by atoms with E-state index in [1.807, 2.05) is 19.1 Å². The predicted octanol–water partition coefficient (Wildman–Crippen LogP) is 3.18. The van der Waals surface area contributed by atoms with Crippen molar-refractivity contribution in [1.82, 2.24) is 5.32 Å². The van der Waals surface area contributed by atoms with Crippen LogP contribution in [-0.4, -0.2) is 32.1 Å². The molecular weight excluding hydrogens is 356 g/mol.